The molecule has 0 amide bonds. The highest BCUT2D eigenvalue weighted by Crippen LogP contribution is 2.32. The van der Waals surface area contributed by atoms with Gasteiger partial charge in [-0.1, -0.05) is 30.3 Å². The molecule has 3 fully saturated rings. The Labute approximate surface area is 236 Å². The number of aliphatic carboxylic acids is 2. The smallest absolute Gasteiger partial charge is 0.328 e. The van der Waals surface area contributed by atoms with Gasteiger partial charge in [0, 0.05) is 50.4 Å². The van der Waals surface area contributed by atoms with E-state index in [-0.39, 0.29) is 17.7 Å². The molecule has 3 aliphatic heterocycles. The number of nitrogens with zero attached hydrogens (tertiary/aromatic N) is 2. The van der Waals surface area contributed by atoms with Gasteiger partial charge in [0.2, 0.25) is 0 Å². The second kappa shape index (κ2) is 14.5. The number of ether oxygens (including phenoxy) is 1. The number of carbonyl (C=O) groups is 2. The number of carboxylic acid groups (broad SMARTS) is 2. The van der Waals surface area contributed by atoms with E-state index < -0.39 is 11.9 Å². The molecular formula is C31H32F2N2O6. The van der Waals surface area contributed by atoms with E-state index in [2.05, 4.69) is 15.9 Å². The van der Waals surface area contributed by atoms with E-state index in [0.29, 0.717) is 30.8 Å². The van der Waals surface area contributed by atoms with Crippen LogP contribution in [0, 0.1) is 11.6 Å². The molecule has 3 saturated heterocycles. The summed E-state index contributed by atoms with van der Waals surface area (Å²) in [6.07, 6.45) is 7.91. The largest absolute Gasteiger partial charge is 0.478 e. The number of carboxylic acids is 2. The van der Waals surface area contributed by atoms with Gasteiger partial charge in [-0.15, -0.1) is 0 Å². The van der Waals surface area contributed by atoms with E-state index in [4.69, 9.17) is 19.4 Å². The Balaban J connectivity index is 0.000000426. The Morgan fingerprint density at radius 2 is 1.49 bits per heavy atom. The van der Waals surface area contributed by atoms with E-state index in [1.54, 1.807) is 30.5 Å². The van der Waals surface area contributed by atoms with Crippen molar-refractivity contribution in [1.82, 2.24) is 9.80 Å². The van der Waals surface area contributed by atoms with Gasteiger partial charge in [-0.2, -0.15) is 0 Å². The molecule has 2 N–H and O–H groups in total. The van der Waals surface area contributed by atoms with Crippen LogP contribution in [0.3, 0.4) is 0 Å². The summed E-state index contributed by atoms with van der Waals surface area (Å²) < 4.78 is 38.4. The molecule has 8 nitrogen and oxygen atoms in total. The second-order valence-corrected chi connectivity index (χ2v) is 9.78. The maximum atomic E-state index is 13.4. The van der Waals surface area contributed by atoms with E-state index in [0.717, 1.165) is 43.1 Å². The van der Waals surface area contributed by atoms with Crippen LogP contribution < -0.4 is 0 Å². The van der Waals surface area contributed by atoms with Crippen molar-refractivity contribution in [3.05, 3.63) is 114 Å². The average Bonchev–Trinajstić information content (AvgIpc) is 3.48. The van der Waals surface area contributed by atoms with E-state index in [1.165, 1.54) is 30.7 Å². The molecule has 0 aliphatic carbocycles. The molecule has 0 spiro atoms. The second-order valence-electron chi connectivity index (χ2n) is 9.78. The van der Waals surface area contributed by atoms with Crippen molar-refractivity contribution in [3.63, 3.8) is 0 Å². The van der Waals surface area contributed by atoms with Gasteiger partial charge >= 0.3 is 11.9 Å². The van der Waals surface area contributed by atoms with Crippen molar-refractivity contribution < 1.29 is 37.7 Å². The fraction of sp³-hybridized carbons (Fsp3) is 0.290. The molecular weight excluding hydrogens is 534 g/mol. The number of rotatable bonds is 11. The van der Waals surface area contributed by atoms with Gasteiger partial charge in [0.1, 0.15) is 23.5 Å². The first kappa shape index (κ1) is 29.9. The molecule has 216 valence electrons. The maximum absolute atomic E-state index is 13.4. The number of hydrogen-bond acceptors (Lipinski definition) is 6. The summed E-state index contributed by atoms with van der Waals surface area (Å²) in [5.41, 5.74) is 1.72. The normalized spacial score (nSPS) is 18.8. The summed E-state index contributed by atoms with van der Waals surface area (Å²) in [5.74, 6) is -2.20. The minimum absolute atomic E-state index is 0.285. The first-order chi connectivity index (χ1) is 19.8. The molecule has 41 heavy (non-hydrogen) atoms. The van der Waals surface area contributed by atoms with Crippen LogP contribution in [0.4, 0.5) is 8.78 Å². The SMILES string of the molecule is Fc1ccc(C(OCCN2CC3CC(C2)N3C/C=C/c2ccco2)c2ccc(F)cc2)cc1.O=C(O)/C=C/C(=O)O. The van der Waals surface area contributed by atoms with Crippen LogP contribution in [0.2, 0.25) is 0 Å². The summed E-state index contributed by atoms with van der Waals surface area (Å²) in [5, 5.41) is 15.6. The lowest BCUT2D eigenvalue weighted by Gasteiger charge is -2.56. The van der Waals surface area contributed by atoms with E-state index >= 15 is 0 Å². The quantitative estimate of drug-likeness (QED) is 0.318. The number of fused-ring (bicyclic) bond motifs is 2. The molecule has 2 unspecified atom stereocenters. The lowest BCUT2D eigenvalue weighted by atomic mass is 9.87. The number of piperazine rings is 1. The number of furan rings is 1. The van der Waals surface area contributed by atoms with Crippen LogP contribution >= 0.6 is 0 Å². The van der Waals surface area contributed by atoms with Crippen LogP contribution in [-0.4, -0.2) is 76.8 Å². The molecule has 3 aliphatic rings. The first-order valence-corrected chi connectivity index (χ1v) is 13.2. The molecule has 6 rings (SSSR count). The molecule has 0 saturated carbocycles. The predicted octanol–water partition coefficient (Wildman–Crippen LogP) is 4.85. The van der Waals surface area contributed by atoms with Crippen molar-refractivity contribution in [2.75, 3.05) is 32.8 Å². The zero-order valence-corrected chi connectivity index (χ0v) is 22.3. The Kier molecular flexibility index (Phi) is 10.6. The van der Waals surface area contributed by atoms with Crippen molar-refractivity contribution in [3.8, 4) is 0 Å². The van der Waals surface area contributed by atoms with Crippen LogP contribution in [0.25, 0.3) is 6.08 Å². The van der Waals surface area contributed by atoms with Crippen molar-refractivity contribution >= 4 is 18.0 Å². The number of piperidine rings is 1. The maximum Gasteiger partial charge on any atom is 0.328 e. The fourth-order valence-electron chi connectivity index (χ4n) is 5.03. The highest BCUT2D eigenvalue weighted by atomic mass is 19.1. The third-order valence-corrected chi connectivity index (χ3v) is 6.97. The molecule has 3 aromatic rings. The first-order valence-electron chi connectivity index (χ1n) is 13.2. The van der Waals surface area contributed by atoms with Gasteiger partial charge in [-0.3, -0.25) is 9.80 Å². The third kappa shape index (κ3) is 8.94. The third-order valence-electron chi connectivity index (χ3n) is 6.97. The summed E-state index contributed by atoms with van der Waals surface area (Å²) >= 11 is 0. The molecule has 4 heterocycles. The standard InChI is InChI=1S/C27H28F2N2O2.C4H4O4/c28-22-9-5-20(6-10-22)27(21-7-11-23(29)12-8-21)33-16-14-30-18-24-17-25(19-30)31(24)13-1-3-26-4-2-15-32-26;5-3(6)1-2-4(7)8/h1-12,15,24-25,27H,13-14,16-19H2;1-2H,(H,5,6)(H,7,8)/b3-1+;2-1+. The van der Waals surface area contributed by atoms with Gasteiger partial charge in [0.05, 0.1) is 12.9 Å². The van der Waals surface area contributed by atoms with Crippen LogP contribution in [0.15, 0.2) is 89.6 Å². The summed E-state index contributed by atoms with van der Waals surface area (Å²) in [6.45, 7) is 4.40. The zero-order chi connectivity index (χ0) is 29.2. The summed E-state index contributed by atoms with van der Waals surface area (Å²) in [4.78, 5) is 24.1. The Morgan fingerprint density at radius 3 is 1.98 bits per heavy atom. The van der Waals surface area contributed by atoms with Crippen LogP contribution in [0.1, 0.15) is 29.4 Å². The lowest BCUT2D eigenvalue weighted by molar-refractivity contribution is -0.134. The fourth-order valence-corrected chi connectivity index (χ4v) is 5.03. The number of benzene rings is 2. The number of halogens is 2. The van der Waals surface area contributed by atoms with E-state index in [1.807, 2.05) is 18.2 Å². The highest BCUT2D eigenvalue weighted by Gasteiger charge is 2.43. The van der Waals surface area contributed by atoms with Crippen LogP contribution in [0.5, 0.6) is 0 Å². The zero-order valence-electron chi connectivity index (χ0n) is 22.3. The molecule has 2 aromatic carbocycles. The number of hydrogen-bond donors (Lipinski definition) is 2. The minimum atomic E-state index is -1.26. The summed E-state index contributed by atoms with van der Waals surface area (Å²) in [6, 6.07) is 17.7. The van der Waals surface area contributed by atoms with Crippen LogP contribution in [-0.2, 0) is 14.3 Å². The molecule has 0 radical (unpaired) electrons. The molecule has 2 bridgehead atoms. The van der Waals surface area contributed by atoms with Crippen molar-refractivity contribution in [2.24, 2.45) is 0 Å². The Hall–Kier alpha value is -4.12. The van der Waals surface area contributed by atoms with Gasteiger partial charge in [-0.25, -0.2) is 18.4 Å². The van der Waals surface area contributed by atoms with Gasteiger partial charge < -0.3 is 19.4 Å². The van der Waals surface area contributed by atoms with Crippen molar-refractivity contribution in [1.29, 1.82) is 0 Å². The average molecular weight is 567 g/mol. The minimum Gasteiger partial charge on any atom is -0.478 e. The van der Waals surface area contributed by atoms with Gasteiger partial charge in [0.15, 0.2) is 0 Å². The highest BCUT2D eigenvalue weighted by molar-refractivity contribution is 5.89. The molecule has 1 aromatic heterocycles. The van der Waals surface area contributed by atoms with E-state index in [9.17, 15) is 18.4 Å². The van der Waals surface area contributed by atoms with Crippen molar-refractivity contribution in [2.45, 2.75) is 24.6 Å². The molecule has 2 atom stereocenters. The lowest BCUT2D eigenvalue weighted by Crippen LogP contribution is -2.68. The summed E-state index contributed by atoms with van der Waals surface area (Å²) in [7, 11) is 0. The van der Waals surface area contributed by atoms with Gasteiger partial charge in [0.25, 0.3) is 0 Å². The Bertz CT molecular complexity index is 1250. The Morgan fingerprint density at radius 1 is 0.927 bits per heavy atom. The topological polar surface area (TPSA) is 103 Å². The van der Waals surface area contributed by atoms with Gasteiger partial charge in [-0.05, 0) is 60.0 Å². The predicted molar refractivity (Wildman–Crippen MR) is 148 cm³/mol. The monoisotopic (exact) mass is 566 g/mol. The molecule has 10 heteroatoms.